The number of hydrogen-bond donors (Lipinski definition) is 1. The average molecular weight is 322 g/mol. The van der Waals surface area contributed by atoms with E-state index in [4.69, 9.17) is 34.8 Å². The second-order valence-corrected chi connectivity index (χ2v) is 5.61. The van der Waals surface area contributed by atoms with Crippen molar-refractivity contribution in [2.45, 2.75) is 6.54 Å². The standard InChI is InChI=1S/C11H7Cl3N2OS/c12-7-2-1-6(8(13)3-7)4-15-11-16-10(14)9(5-17)18-11/h1-3,5H,4H2,(H,15,16). The molecule has 0 aliphatic carbocycles. The van der Waals surface area contributed by atoms with Crippen LogP contribution in [0.25, 0.3) is 0 Å². The molecule has 2 rings (SSSR count). The maximum atomic E-state index is 10.6. The Balaban J connectivity index is 2.08. The number of nitrogens with zero attached hydrogens (tertiary/aromatic N) is 1. The molecule has 0 atom stereocenters. The van der Waals surface area contributed by atoms with Gasteiger partial charge in [0.1, 0.15) is 4.88 Å². The van der Waals surface area contributed by atoms with E-state index in [0.29, 0.717) is 32.9 Å². The van der Waals surface area contributed by atoms with Crippen LogP contribution in [0.1, 0.15) is 15.2 Å². The molecule has 7 heteroatoms. The summed E-state index contributed by atoms with van der Waals surface area (Å²) in [5.41, 5.74) is 0.889. The van der Waals surface area contributed by atoms with Crippen molar-refractivity contribution >= 4 is 57.6 Å². The van der Waals surface area contributed by atoms with Crippen LogP contribution in [0.2, 0.25) is 15.2 Å². The molecule has 3 nitrogen and oxygen atoms in total. The summed E-state index contributed by atoms with van der Waals surface area (Å²) in [5.74, 6) is 0. The third-order valence-corrected chi connectivity index (χ3v) is 4.09. The van der Waals surface area contributed by atoms with Gasteiger partial charge in [0.15, 0.2) is 16.6 Å². The number of anilines is 1. The summed E-state index contributed by atoms with van der Waals surface area (Å²) in [6.07, 6.45) is 0.681. The minimum atomic E-state index is 0.208. The number of aldehydes is 1. The summed E-state index contributed by atoms with van der Waals surface area (Å²) in [5, 5.41) is 5.00. The minimum Gasteiger partial charge on any atom is -0.357 e. The van der Waals surface area contributed by atoms with Crippen LogP contribution in [0.5, 0.6) is 0 Å². The first kappa shape index (κ1) is 13.6. The molecule has 18 heavy (non-hydrogen) atoms. The van der Waals surface area contributed by atoms with Crippen molar-refractivity contribution in [1.29, 1.82) is 0 Å². The van der Waals surface area contributed by atoms with Gasteiger partial charge in [0.25, 0.3) is 0 Å². The second-order valence-electron chi connectivity index (χ2n) is 3.38. The van der Waals surface area contributed by atoms with E-state index in [-0.39, 0.29) is 5.15 Å². The normalized spacial score (nSPS) is 10.4. The van der Waals surface area contributed by atoms with Crippen molar-refractivity contribution in [2.24, 2.45) is 0 Å². The zero-order valence-electron chi connectivity index (χ0n) is 8.91. The predicted octanol–water partition coefficient (Wildman–Crippen LogP) is 4.53. The van der Waals surface area contributed by atoms with Gasteiger partial charge in [-0.05, 0) is 17.7 Å². The van der Waals surface area contributed by atoms with Gasteiger partial charge in [-0.3, -0.25) is 4.79 Å². The van der Waals surface area contributed by atoms with E-state index in [1.807, 2.05) is 6.07 Å². The highest BCUT2D eigenvalue weighted by Gasteiger charge is 2.08. The fourth-order valence-electron chi connectivity index (χ4n) is 1.30. The number of nitrogens with one attached hydrogen (secondary N) is 1. The quantitative estimate of drug-likeness (QED) is 0.841. The Morgan fingerprint density at radius 3 is 2.72 bits per heavy atom. The van der Waals surface area contributed by atoms with E-state index >= 15 is 0 Å². The average Bonchev–Trinajstić information content (AvgIpc) is 2.69. The Bertz CT molecular complexity index is 586. The summed E-state index contributed by atoms with van der Waals surface area (Å²) < 4.78 is 0. The number of aromatic nitrogens is 1. The van der Waals surface area contributed by atoms with Crippen molar-refractivity contribution in [3.8, 4) is 0 Å². The van der Waals surface area contributed by atoms with Crippen molar-refractivity contribution in [3.05, 3.63) is 43.8 Å². The van der Waals surface area contributed by atoms with E-state index in [1.165, 1.54) is 11.3 Å². The second kappa shape index (κ2) is 5.89. The smallest absolute Gasteiger partial charge is 0.185 e. The van der Waals surface area contributed by atoms with E-state index in [9.17, 15) is 4.79 Å². The van der Waals surface area contributed by atoms with E-state index < -0.39 is 0 Å². The van der Waals surface area contributed by atoms with Gasteiger partial charge in [-0.2, -0.15) is 0 Å². The van der Waals surface area contributed by atoms with Crippen LogP contribution in [-0.4, -0.2) is 11.3 Å². The van der Waals surface area contributed by atoms with Gasteiger partial charge in [-0.1, -0.05) is 52.2 Å². The molecule has 0 saturated carbocycles. The highest BCUT2D eigenvalue weighted by atomic mass is 35.5. The molecule has 1 heterocycles. The number of thiazole rings is 1. The Morgan fingerprint density at radius 2 is 2.11 bits per heavy atom. The van der Waals surface area contributed by atoms with Gasteiger partial charge in [0, 0.05) is 16.6 Å². The van der Waals surface area contributed by atoms with Gasteiger partial charge in [-0.25, -0.2) is 4.98 Å². The molecule has 1 aromatic carbocycles. The molecular weight excluding hydrogens is 315 g/mol. The van der Waals surface area contributed by atoms with Crippen molar-refractivity contribution in [3.63, 3.8) is 0 Å². The Kier molecular flexibility index (Phi) is 4.45. The molecule has 0 spiro atoms. The molecule has 0 unspecified atom stereocenters. The van der Waals surface area contributed by atoms with Crippen molar-refractivity contribution < 1.29 is 4.79 Å². The van der Waals surface area contributed by atoms with Crippen LogP contribution < -0.4 is 5.32 Å². The van der Waals surface area contributed by atoms with Gasteiger partial charge in [-0.15, -0.1) is 0 Å². The predicted molar refractivity (Wildman–Crippen MR) is 76.3 cm³/mol. The number of carbonyl (C=O) groups is 1. The highest BCUT2D eigenvalue weighted by Crippen LogP contribution is 2.27. The number of benzene rings is 1. The maximum absolute atomic E-state index is 10.6. The van der Waals surface area contributed by atoms with Gasteiger partial charge >= 0.3 is 0 Å². The lowest BCUT2D eigenvalue weighted by Gasteiger charge is -2.05. The van der Waals surface area contributed by atoms with Crippen molar-refractivity contribution in [2.75, 3.05) is 5.32 Å². The fraction of sp³-hybridized carbons (Fsp3) is 0.0909. The first-order chi connectivity index (χ1) is 8.60. The molecule has 0 radical (unpaired) electrons. The Labute approximate surface area is 123 Å². The summed E-state index contributed by atoms with van der Waals surface area (Å²) in [6.45, 7) is 0.484. The molecule has 0 fully saturated rings. The maximum Gasteiger partial charge on any atom is 0.185 e. The Hall–Kier alpha value is -0.810. The molecule has 94 valence electrons. The number of rotatable bonds is 4. The molecule has 0 aliphatic heterocycles. The number of carbonyl (C=O) groups excluding carboxylic acids is 1. The molecule has 2 aromatic rings. The number of hydrogen-bond acceptors (Lipinski definition) is 4. The van der Waals surface area contributed by atoms with E-state index in [1.54, 1.807) is 12.1 Å². The zero-order chi connectivity index (χ0) is 13.1. The molecule has 0 aliphatic rings. The Morgan fingerprint density at radius 1 is 1.33 bits per heavy atom. The summed E-state index contributed by atoms with van der Waals surface area (Å²) in [4.78, 5) is 15.0. The zero-order valence-corrected chi connectivity index (χ0v) is 12.0. The van der Waals surface area contributed by atoms with Crippen LogP contribution in [0.3, 0.4) is 0 Å². The van der Waals surface area contributed by atoms with Crippen LogP contribution in [0.15, 0.2) is 18.2 Å². The lowest BCUT2D eigenvalue weighted by molar-refractivity contribution is 0.112. The lowest BCUT2D eigenvalue weighted by Crippen LogP contribution is -1.99. The van der Waals surface area contributed by atoms with E-state index in [0.717, 1.165) is 5.56 Å². The SMILES string of the molecule is O=Cc1sc(NCc2ccc(Cl)cc2Cl)nc1Cl. The molecule has 1 N–H and O–H groups in total. The summed E-state index contributed by atoms with van der Waals surface area (Å²) >= 11 is 18.8. The monoisotopic (exact) mass is 320 g/mol. The third kappa shape index (κ3) is 3.14. The van der Waals surface area contributed by atoms with E-state index in [2.05, 4.69) is 10.3 Å². The van der Waals surface area contributed by atoms with Crippen LogP contribution >= 0.6 is 46.1 Å². The summed E-state index contributed by atoms with van der Waals surface area (Å²) in [7, 11) is 0. The highest BCUT2D eigenvalue weighted by molar-refractivity contribution is 7.17. The van der Waals surface area contributed by atoms with Gasteiger partial charge in [0.05, 0.1) is 0 Å². The molecule has 0 amide bonds. The largest absolute Gasteiger partial charge is 0.357 e. The van der Waals surface area contributed by atoms with Crippen LogP contribution in [0.4, 0.5) is 5.13 Å². The molecule has 0 bridgehead atoms. The van der Waals surface area contributed by atoms with Crippen LogP contribution in [0, 0.1) is 0 Å². The fourth-order valence-corrected chi connectivity index (χ4v) is 2.74. The van der Waals surface area contributed by atoms with Gasteiger partial charge < -0.3 is 5.32 Å². The third-order valence-electron chi connectivity index (χ3n) is 2.16. The molecule has 1 aromatic heterocycles. The van der Waals surface area contributed by atoms with Crippen LogP contribution in [-0.2, 0) is 6.54 Å². The van der Waals surface area contributed by atoms with Crippen molar-refractivity contribution in [1.82, 2.24) is 4.98 Å². The molecule has 0 saturated heterocycles. The lowest BCUT2D eigenvalue weighted by atomic mass is 10.2. The first-order valence-corrected chi connectivity index (χ1v) is 6.84. The molecular formula is C11H7Cl3N2OS. The number of halogens is 3. The summed E-state index contributed by atoms with van der Waals surface area (Å²) in [6, 6.07) is 5.26. The topological polar surface area (TPSA) is 42.0 Å². The minimum absolute atomic E-state index is 0.208. The van der Waals surface area contributed by atoms with Gasteiger partial charge in [0.2, 0.25) is 0 Å². The first-order valence-electron chi connectivity index (χ1n) is 4.89.